The van der Waals surface area contributed by atoms with Crippen LogP contribution in [-0.2, 0) is 20.5 Å². The first-order valence-electron chi connectivity index (χ1n) is 11.6. The quantitative estimate of drug-likeness (QED) is 0.197. The fourth-order valence-corrected chi connectivity index (χ4v) is 3.02. The van der Waals surface area contributed by atoms with Crippen LogP contribution in [0.3, 0.4) is 0 Å². The van der Waals surface area contributed by atoms with Crippen LogP contribution in [0.25, 0.3) is 0 Å². The molecular weight excluding hydrogens is 512 g/mol. The molecule has 210 valence electrons. The molecule has 1 heterocycles. The highest BCUT2D eigenvalue weighted by molar-refractivity contribution is 6.02. The molecule has 0 aromatic heterocycles. The van der Waals surface area contributed by atoms with Gasteiger partial charge in [0.15, 0.2) is 0 Å². The summed E-state index contributed by atoms with van der Waals surface area (Å²) >= 11 is 0. The number of anilines is 2. The summed E-state index contributed by atoms with van der Waals surface area (Å²) in [5.41, 5.74) is 0.0365. The monoisotopic (exact) mass is 544 g/mol. The van der Waals surface area contributed by atoms with Crippen molar-refractivity contribution in [1.29, 1.82) is 5.41 Å². The molecule has 0 aliphatic carbocycles. The van der Waals surface area contributed by atoms with Crippen molar-refractivity contribution < 1.29 is 42.1 Å². The minimum Gasteiger partial charge on any atom is -0.481 e. The van der Waals surface area contributed by atoms with Gasteiger partial charge in [-0.05, 0) is 43.3 Å². The van der Waals surface area contributed by atoms with Crippen LogP contribution in [-0.4, -0.2) is 72.8 Å². The molecule has 2 aromatic carbocycles. The number of hydrogen-bond donors (Lipinski definition) is 5. The number of hydrogen-bond acceptors (Lipinski definition) is 6. The molecule has 0 spiro atoms. The summed E-state index contributed by atoms with van der Waals surface area (Å²) in [6, 6.07) is 8.83. The number of ether oxygens (including phenoxy) is 1. The summed E-state index contributed by atoms with van der Waals surface area (Å²) in [6.45, 7) is 5.17. The second kappa shape index (κ2) is 16.2. The molecular formula is C25H32F4N4O5. The lowest BCUT2D eigenvalue weighted by molar-refractivity contribution is -0.143. The number of amidine groups is 1. The van der Waals surface area contributed by atoms with E-state index in [-0.39, 0.29) is 24.2 Å². The molecule has 1 aliphatic heterocycles. The fraction of sp³-hybridized carbons (Fsp3) is 0.400. The van der Waals surface area contributed by atoms with E-state index < -0.39 is 29.5 Å². The first-order valence-corrected chi connectivity index (χ1v) is 11.6. The Balaban J connectivity index is 0.000000504. The summed E-state index contributed by atoms with van der Waals surface area (Å²) in [5.74, 6) is -2.60. The summed E-state index contributed by atoms with van der Waals surface area (Å²) in [6.07, 6.45) is -5.10. The maximum Gasteiger partial charge on any atom is 0.416 e. The Bertz CT molecular complexity index is 1040. The van der Waals surface area contributed by atoms with Crippen LogP contribution < -0.4 is 10.6 Å². The van der Waals surface area contributed by atoms with Crippen molar-refractivity contribution in [1.82, 2.24) is 10.2 Å². The predicted octanol–water partition coefficient (Wildman–Crippen LogP) is 4.41. The highest BCUT2D eigenvalue weighted by Gasteiger charge is 2.32. The van der Waals surface area contributed by atoms with Gasteiger partial charge in [0.2, 0.25) is 0 Å². The molecule has 0 saturated carbocycles. The van der Waals surface area contributed by atoms with E-state index in [0.29, 0.717) is 37.6 Å². The Morgan fingerprint density at radius 1 is 1.08 bits per heavy atom. The third-order valence-electron chi connectivity index (χ3n) is 4.98. The van der Waals surface area contributed by atoms with Gasteiger partial charge < -0.3 is 30.5 Å². The zero-order valence-electron chi connectivity index (χ0n) is 21.1. The van der Waals surface area contributed by atoms with E-state index in [1.54, 1.807) is 18.1 Å². The average molecular weight is 545 g/mol. The number of nitrogens with one attached hydrogen (secondary N) is 3. The highest BCUT2D eigenvalue weighted by atomic mass is 19.4. The molecule has 0 unspecified atom stereocenters. The zero-order valence-corrected chi connectivity index (χ0v) is 21.1. The van der Waals surface area contributed by atoms with Crippen molar-refractivity contribution >= 4 is 29.1 Å². The second-order valence-corrected chi connectivity index (χ2v) is 7.84. The number of carbonyl (C=O) groups is 2. The second-order valence-electron chi connectivity index (χ2n) is 7.84. The predicted molar refractivity (Wildman–Crippen MR) is 134 cm³/mol. The van der Waals surface area contributed by atoms with E-state index in [9.17, 15) is 27.2 Å². The summed E-state index contributed by atoms with van der Waals surface area (Å²) in [4.78, 5) is 21.0. The third-order valence-corrected chi connectivity index (χ3v) is 4.98. The van der Waals surface area contributed by atoms with Crippen molar-refractivity contribution in [3.8, 4) is 0 Å². The molecule has 13 heteroatoms. The molecule has 1 fully saturated rings. The van der Waals surface area contributed by atoms with Crippen LogP contribution in [0.2, 0.25) is 0 Å². The number of halogens is 4. The van der Waals surface area contributed by atoms with Crippen LogP contribution in [0.5, 0.6) is 0 Å². The topological polar surface area (TPSA) is 135 Å². The Morgan fingerprint density at radius 2 is 1.66 bits per heavy atom. The van der Waals surface area contributed by atoms with Crippen molar-refractivity contribution in [3.63, 3.8) is 0 Å². The Labute approximate surface area is 217 Å². The first kappa shape index (κ1) is 32.3. The molecule has 0 radical (unpaired) electrons. The van der Waals surface area contributed by atoms with Gasteiger partial charge in [0, 0.05) is 56.8 Å². The Kier molecular flexibility index (Phi) is 13.8. The van der Waals surface area contributed by atoms with Gasteiger partial charge in [-0.15, -0.1) is 0 Å². The van der Waals surface area contributed by atoms with Crippen molar-refractivity contribution in [2.24, 2.45) is 0 Å². The molecule has 1 aliphatic rings. The summed E-state index contributed by atoms with van der Waals surface area (Å²) in [7, 11) is 1.68. The molecule has 0 amide bonds. The number of piperazine rings is 1. The van der Waals surface area contributed by atoms with E-state index >= 15 is 0 Å². The van der Waals surface area contributed by atoms with Crippen molar-refractivity contribution in [3.05, 3.63) is 59.4 Å². The lowest BCUT2D eigenvalue weighted by Crippen LogP contribution is -2.46. The standard InChI is InChI=1S/C18H18F4N4.C4H6O4.C3H8O/c19-13-2-1-3-14(11-13)25-16-5-4-12(18(20,21)22)10-15(16)17(23)26-8-6-24-7-9-26;5-3(6)1-2-4(7)8;1-3-4-2/h1-5,10-11,23-25H,6-9H2;1-2H2,(H,5,6)(H,7,8);3H2,1-2H3. The number of carboxylic acid groups (broad SMARTS) is 2. The van der Waals surface area contributed by atoms with Gasteiger partial charge in [0.05, 0.1) is 18.4 Å². The van der Waals surface area contributed by atoms with Gasteiger partial charge in [0.25, 0.3) is 0 Å². The van der Waals surface area contributed by atoms with Crippen LogP contribution in [0.15, 0.2) is 42.5 Å². The number of nitrogens with zero attached hydrogens (tertiary/aromatic N) is 1. The number of methoxy groups -OCH3 is 1. The molecule has 5 N–H and O–H groups in total. The minimum absolute atomic E-state index is 0.0107. The SMILES string of the molecule is CCOC.N=C(c1cc(C(F)(F)F)ccc1Nc1cccc(F)c1)N1CCNCC1.O=C(O)CCC(=O)O. The zero-order chi connectivity index (χ0) is 28.7. The molecule has 0 bridgehead atoms. The van der Waals surface area contributed by atoms with Gasteiger partial charge in [0.1, 0.15) is 11.7 Å². The van der Waals surface area contributed by atoms with E-state index in [0.717, 1.165) is 18.7 Å². The Hall–Kier alpha value is -3.71. The van der Waals surface area contributed by atoms with Crippen molar-refractivity contribution in [2.75, 3.05) is 45.2 Å². The molecule has 3 rings (SSSR count). The Morgan fingerprint density at radius 3 is 2.13 bits per heavy atom. The first-order chi connectivity index (χ1) is 17.9. The van der Waals surface area contributed by atoms with Crippen LogP contribution in [0.1, 0.15) is 30.9 Å². The van der Waals surface area contributed by atoms with Gasteiger partial charge in [-0.25, -0.2) is 4.39 Å². The molecule has 9 nitrogen and oxygen atoms in total. The van der Waals surface area contributed by atoms with Crippen molar-refractivity contribution in [2.45, 2.75) is 25.9 Å². The third kappa shape index (κ3) is 12.0. The number of alkyl halides is 3. The number of rotatable bonds is 7. The summed E-state index contributed by atoms with van der Waals surface area (Å²) < 4.78 is 57.3. The van der Waals surface area contributed by atoms with Crippen LogP contribution in [0.4, 0.5) is 28.9 Å². The molecule has 1 saturated heterocycles. The highest BCUT2D eigenvalue weighted by Crippen LogP contribution is 2.33. The van der Waals surface area contributed by atoms with E-state index in [2.05, 4.69) is 15.4 Å². The molecule has 38 heavy (non-hydrogen) atoms. The minimum atomic E-state index is -4.50. The molecule has 0 atom stereocenters. The largest absolute Gasteiger partial charge is 0.481 e. The van der Waals surface area contributed by atoms with Gasteiger partial charge in [-0.3, -0.25) is 15.0 Å². The summed E-state index contributed by atoms with van der Waals surface area (Å²) in [5, 5.41) is 30.3. The maximum atomic E-state index is 13.4. The lowest BCUT2D eigenvalue weighted by Gasteiger charge is -2.30. The van der Waals surface area contributed by atoms with Gasteiger partial charge in [-0.1, -0.05) is 6.07 Å². The number of carboxylic acids is 2. The average Bonchev–Trinajstić information content (AvgIpc) is 2.88. The molecule has 2 aromatic rings. The normalized spacial score (nSPS) is 12.8. The smallest absolute Gasteiger partial charge is 0.416 e. The van der Waals surface area contributed by atoms with E-state index in [1.807, 2.05) is 6.92 Å². The van der Waals surface area contributed by atoms with E-state index in [1.165, 1.54) is 24.3 Å². The number of benzene rings is 2. The fourth-order valence-electron chi connectivity index (χ4n) is 3.02. The van der Waals surface area contributed by atoms with Crippen LogP contribution >= 0.6 is 0 Å². The van der Waals surface area contributed by atoms with Gasteiger partial charge in [-0.2, -0.15) is 13.2 Å². The van der Waals surface area contributed by atoms with Gasteiger partial charge >= 0.3 is 18.1 Å². The maximum absolute atomic E-state index is 13.4. The number of aliphatic carboxylic acids is 2. The van der Waals surface area contributed by atoms with E-state index in [4.69, 9.17) is 15.6 Å². The van der Waals surface area contributed by atoms with Crippen LogP contribution in [0, 0.1) is 11.2 Å². The lowest BCUT2D eigenvalue weighted by atomic mass is 10.1.